The highest BCUT2D eigenvalue weighted by Crippen LogP contribution is 2.27. The van der Waals surface area contributed by atoms with Crippen LogP contribution < -0.4 is 10.2 Å². The number of methoxy groups -OCH3 is 1. The standard InChI is InChI=1S/C20H22N2O3/c1-25-20(24)16-8-10-17(11-9-16)21-13-12-19(23)22-14-4-6-15-5-2-3-7-18(15)22/h2-3,5,7-11,21H,4,6,12-14H2,1H3. The number of benzene rings is 2. The lowest BCUT2D eigenvalue weighted by molar-refractivity contribution is -0.118. The van der Waals surface area contributed by atoms with Crippen molar-refractivity contribution < 1.29 is 14.3 Å². The normalized spacial score (nSPS) is 13.1. The second kappa shape index (κ2) is 7.83. The monoisotopic (exact) mass is 338 g/mol. The van der Waals surface area contributed by atoms with E-state index in [9.17, 15) is 9.59 Å². The molecule has 0 aliphatic carbocycles. The fraction of sp³-hybridized carbons (Fsp3) is 0.300. The molecule has 1 N–H and O–H groups in total. The molecule has 1 aliphatic heterocycles. The van der Waals surface area contributed by atoms with Crippen LogP contribution in [0.15, 0.2) is 48.5 Å². The summed E-state index contributed by atoms with van der Waals surface area (Å²) in [6, 6.07) is 15.1. The number of nitrogens with one attached hydrogen (secondary N) is 1. The van der Waals surface area contributed by atoms with Gasteiger partial charge in [-0.15, -0.1) is 0 Å². The summed E-state index contributed by atoms with van der Waals surface area (Å²) in [4.78, 5) is 25.9. The van der Waals surface area contributed by atoms with Crippen LogP contribution in [0, 0.1) is 0 Å². The van der Waals surface area contributed by atoms with E-state index in [0.717, 1.165) is 30.8 Å². The maximum atomic E-state index is 12.6. The van der Waals surface area contributed by atoms with Gasteiger partial charge in [-0.3, -0.25) is 4.79 Å². The number of amides is 1. The first-order valence-corrected chi connectivity index (χ1v) is 8.49. The molecule has 0 radical (unpaired) electrons. The van der Waals surface area contributed by atoms with Gasteiger partial charge in [-0.25, -0.2) is 4.79 Å². The van der Waals surface area contributed by atoms with Crippen molar-refractivity contribution in [2.45, 2.75) is 19.3 Å². The number of esters is 1. The molecular weight excluding hydrogens is 316 g/mol. The molecule has 0 unspecified atom stereocenters. The van der Waals surface area contributed by atoms with Crippen LogP contribution in [-0.4, -0.2) is 32.1 Å². The van der Waals surface area contributed by atoms with E-state index in [-0.39, 0.29) is 11.9 Å². The highest BCUT2D eigenvalue weighted by molar-refractivity contribution is 5.94. The van der Waals surface area contributed by atoms with Crippen molar-refractivity contribution in [3.63, 3.8) is 0 Å². The van der Waals surface area contributed by atoms with E-state index in [1.807, 2.05) is 35.2 Å². The number of nitrogens with zero attached hydrogens (tertiary/aromatic N) is 1. The number of hydrogen-bond acceptors (Lipinski definition) is 4. The Morgan fingerprint density at radius 2 is 1.88 bits per heavy atom. The molecule has 0 saturated carbocycles. The van der Waals surface area contributed by atoms with Gasteiger partial charge in [0, 0.05) is 30.9 Å². The molecule has 5 nitrogen and oxygen atoms in total. The summed E-state index contributed by atoms with van der Waals surface area (Å²) in [5.74, 6) is -0.226. The number of fused-ring (bicyclic) bond motifs is 1. The van der Waals surface area contributed by atoms with Crippen LogP contribution in [0.3, 0.4) is 0 Å². The number of carbonyl (C=O) groups excluding carboxylic acids is 2. The first-order chi connectivity index (χ1) is 12.2. The third-order valence-electron chi connectivity index (χ3n) is 4.39. The second-order valence-corrected chi connectivity index (χ2v) is 6.02. The zero-order chi connectivity index (χ0) is 17.6. The molecule has 3 rings (SSSR count). The third kappa shape index (κ3) is 3.99. The molecule has 130 valence electrons. The Balaban J connectivity index is 1.54. The maximum Gasteiger partial charge on any atom is 0.337 e. The van der Waals surface area contributed by atoms with Gasteiger partial charge in [-0.05, 0) is 48.7 Å². The molecular formula is C20H22N2O3. The Labute approximate surface area is 147 Å². The molecule has 1 aliphatic rings. The van der Waals surface area contributed by atoms with E-state index in [1.54, 1.807) is 12.1 Å². The molecule has 0 spiro atoms. The number of anilines is 2. The number of carbonyl (C=O) groups is 2. The fourth-order valence-corrected chi connectivity index (χ4v) is 3.08. The number of ether oxygens (including phenoxy) is 1. The van der Waals surface area contributed by atoms with Crippen LogP contribution in [0.5, 0.6) is 0 Å². The van der Waals surface area contributed by atoms with E-state index in [4.69, 9.17) is 0 Å². The minimum atomic E-state index is -0.356. The number of hydrogen-bond donors (Lipinski definition) is 1. The van der Waals surface area contributed by atoms with Crippen molar-refractivity contribution in [1.29, 1.82) is 0 Å². The number of rotatable bonds is 5. The Kier molecular flexibility index (Phi) is 5.33. The van der Waals surface area contributed by atoms with E-state index in [1.165, 1.54) is 12.7 Å². The molecule has 1 heterocycles. The van der Waals surface area contributed by atoms with E-state index < -0.39 is 0 Å². The predicted molar refractivity (Wildman–Crippen MR) is 98.0 cm³/mol. The van der Waals surface area contributed by atoms with Gasteiger partial charge >= 0.3 is 5.97 Å². The molecule has 0 fully saturated rings. The number of aryl methyl sites for hydroxylation is 1. The van der Waals surface area contributed by atoms with Crippen molar-refractivity contribution in [3.8, 4) is 0 Å². The highest BCUT2D eigenvalue weighted by atomic mass is 16.5. The molecule has 0 atom stereocenters. The van der Waals surface area contributed by atoms with Gasteiger partial charge in [0.05, 0.1) is 12.7 Å². The summed E-state index contributed by atoms with van der Waals surface area (Å²) in [5, 5.41) is 3.22. The van der Waals surface area contributed by atoms with Crippen LogP contribution in [0.1, 0.15) is 28.8 Å². The smallest absolute Gasteiger partial charge is 0.337 e. The Bertz CT molecular complexity index is 756. The Morgan fingerprint density at radius 1 is 1.12 bits per heavy atom. The zero-order valence-electron chi connectivity index (χ0n) is 14.3. The van der Waals surface area contributed by atoms with Crippen molar-refractivity contribution in [2.24, 2.45) is 0 Å². The molecule has 0 bridgehead atoms. The van der Waals surface area contributed by atoms with Crippen molar-refractivity contribution in [2.75, 3.05) is 30.4 Å². The van der Waals surface area contributed by atoms with E-state index >= 15 is 0 Å². The Morgan fingerprint density at radius 3 is 2.64 bits per heavy atom. The number of para-hydroxylation sites is 1. The minimum absolute atomic E-state index is 0.130. The largest absolute Gasteiger partial charge is 0.465 e. The minimum Gasteiger partial charge on any atom is -0.465 e. The summed E-state index contributed by atoms with van der Waals surface area (Å²) >= 11 is 0. The molecule has 2 aromatic carbocycles. The summed E-state index contributed by atoms with van der Waals surface area (Å²) in [6.45, 7) is 1.33. The van der Waals surface area contributed by atoms with Crippen LogP contribution in [0.25, 0.3) is 0 Å². The van der Waals surface area contributed by atoms with Gasteiger partial charge in [-0.1, -0.05) is 18.2 Å². The van der Waals surface area contributed by atoms with Crippen molar-refractivity contribution in [1.82, 2.24) is 0 Å². The van der Waals surface area contributed by atoms with Crippen LogP contribution in [0.2, 0.25) is 0 Å². The molecule has 2 aromatic rings. The van der Waals surface area contributed by atoms with Gasteiger partial charge in [0.15, 0.2) is 0 Å². The predicted octanol–water partition coefficient (Wildman–Crippen LogP) is 3.25. The summed E-state index contributed by atoms with van der Waals surface area (Å²) in [5.41, 5.74) is 3.67. The van der Waals surface area contributed by atoms with Gasteiger partial charge < -0.3 is 15.0 Å². The third-order valence-corrected chi connectivity index (χ3v) is 4.39. The Hall–Kier alpha value is -2.82. The van der Waals surface area contributed by atoms with E-state index in [0.29, 0.717) is 18.5 Å². The fourth-order valence-electron chi connectivity index (χ4n) is 3.08. The van der Waals surface area contributed by atoms with E-state index in [2.05, 4.69) is 16.1 Å². The summed E-state index contributed by atoms with van der Waals surface area (Å²) in [6.07, 6.45) is 2.46. The highest BCUT2D eigenvalue weighted by Gasteiger charge is 2.21. The first kappa shape index (κ1) is 17.0. The van der Waals surface area contributed by atoms with Crippen LogP contribution in [-0.2, 0) is 16.0 Å². The average Bonchev–Trinajstić information content (AvgIpc) is 2.67. The van der Waals surface area contributed by atoms with Crippen LogP contribution in [0.4, 0.5) is 11.4 Å². The average molecular weight is 338 g/mol. The lowest BCUT2D eigenvalue weighted by Crippen LogP contribution is -2.36. The molecule has 0 aromatic heterocycles. The lowest BCUT2D eigenvalue weighted by atomic mass is 10.0. The zero-order valence-corrected chi connectivity index (χ0v) is 14.3. The summed E-state index contributed by atoms with van der Waals surface area (Å²) in [7, 11) is 1.36. The van der Waals surface area contributed by atoms with Gasteiger partial charge in [0.25, 0.3) is 0 Å². The van der Waals surface area contributed by atoms with Gasteiger partial charge in [0.2, 0.25) is 5.91 Å². The van der Waals surface area contributed by atoms with Crippen molar-refractivity contribution >= 4 is 23.3 Å². The maximum absolute atomic E-state index is 12.6. The van der Waals surface area contributed by atoms with Crippen molar-refractivity contribution in [3.05, 3.63) is 59.7 Å². The van der Waals surface area contributed by atoms with Crippen LogP contribution >= 0.6 is 0 Å². The topological polar surface area (TPSA) is 58.6 Å². The first-order valence-electron chi connectivity index (χ1n) is 8.49. The SMILES string of the molecule is COC(=O)c1ccc(NCCC(=O)N2CCCc3ccccc32)cc1. The molecule has 0 saturated heterocycles. The summed E-state index contributed by atoms with van der Waals surface area (Å²) < 4.78 is 4.68. The molecule has 25 heavy (non-hydrogen) atoms. The van der Waals surface area contributed by atoms with Gasteiger partial charge in [0.1, 0.15) is 0 Å². The second-order valence-electron chi connectivity index (χ2n) is 6.02. The molecule has 1 amide bonds. The van der Waals surface area contributed by atoms with Gasteiger partial charge in [-0.2, -0.15) is 0 Å². The molecule has 5 heteroatoms. The lowest BCUT2D eigenvalue weighted by Gasteiger charge is -2.29. The quantitative estimate of drug-likeness (QED) is 0.850.